The molecule has 1 N–H and O–H groups in total. The van der Waals surface area contributed by atoms with Crippen LogP contribution < -0.4 is 10.1 Å². The van der Waals surface area contributed by atoms with Gasteiger partial charge in [0, 0.05) is 13.1 Å². The molecule has 5 nitrogen and oxygen atoms in total. The highest BCUT2D eigenvalue weighted by atomic mass is 16.5. The first-order valence-corrected chi connectivity index (χ1v) is 10.2. The van der Waals surface area contributed by atoms with E-state index in [-0.39, 0.29) is 18.2 Å². The molecule has 1 atom stereocenters. The summed E-state index contributed by atoms with van der Waals surface area (Å²) in [5.41, 5.74) is 3.03. The molecule has 0 aromatic heterocycles. The van der Waals surface area contributed by atoms with Gasteiger partial charge >= 0.3 is 0 Å². The normalized spacial score (nSPS) is 11.6. The lowest BCUT2D eigenvalue weighted by molar-refractivity contribution is -0.140. The molecule has 0 spiro atoms. The Morgan fingerprint density at radius 2 is 1.76 bits per heavy atom. The third-order valence-corrected chi connectivity index (χ3v) is 5.05. The number of ether oxygens (including phenoxy) is 1. The van der Waals surface area contributed by atoms with Crippen LogP contribution in [0, 0.1) is 6.92 Å². The minimum Gasteiger partial charge on any atom is -0.497 e. The lowest BCUT2D eigenvalue weighted by atomic mass is 10.0. The van der Waals surface area contributed by atoms with E-state index in [0.717, 1.165) is 28.9 Å². The lowest BCUT2D eigenvalue weighted by Gasteiger charge is -2.31. The Hall–Kier alpha value is -2.82. The molecule has 0 bridgehead atoms. The van der Waals surface area contributed by atoms with Crippen molar-refractivity contribution in [3.05, 3.63) is 65.2 Å². The fourth-order valence-electron chi connectivity index (χ4n) is 3.29. The molecule has 0 aliphatic rings. The molecule has 0 saturated heterocycles. The lowest BCUT2D eigenvalue weighted by Crippen LogP contribution is -2.49. The van der Waals surface area contributed by atoms with Crippen molar-refractivity contribution in [1.29, 1.82) is 0 Å². The van der Waals surface area contributed by atoms with E-state index >= 15 is 0 Å². The van der Waals surface area contributed by atoms with Gasteiger partial charge in [0.1, 0.15) is 11.8 Å². The van der Waals surface area contributed by atoms with Crippen molar-refractivity contribution >= 4 is 11.8 Å². The third-order valence-electron chi connectivity index (χ3n) is 5.05. The van der Waals surface area contributed by atoms with Gasteiger partial charge < -0.3 is 15.0 Å². The van der Waals surface area contributed by atoms with Crippen LogP contribution in [0.25, 0.3) is 0 Å². The van der Waals surface area contributed by atoms with Gasteiger partial charge in [-0.05, 0) is 48.6 Å². The van der Waals surface area contributed by atoms with Crippen molar-refractivity contribution in [3.8, 4) is 5.75 Å². The molecule has 0 unspecified atom stereocenters. The minimum absolute atomic E-state index is 0.0476. The summed E-state index contributed by atoms with van der Waals surface area (Å²) in [4.78, 5) is 27.8. The van der Waals surface area contributed by atoms with Crippen LogP contribution in [0.2, 0.25) is 0 Å². The van der Waals surface area contributed by atoms with Crippen molar-refractivity contribution in [2.75, 3.05) is 13.7 Å². The van der Waals surface area contributed by atoms with Gasteiger partial charge in [0.25, 0.3) is 0 Å². The zero-order valence-corrected chi connectivity index (χ0v) is 17.9. The van der Waals surface area contributed by atoms with E-state index in [1.165, 1.54) is 0 Å². The number of nitrogens with zero attached hydrogens (tertiary/aromatic N) is 1. The van der Waals surface area contributed by atoms with Gasteiger partial charge in [0.05, 0.1) is 13.5 Å². The number of aryl methyl sites for hydroxylation is 1. The monoisotopic (exact) mass is 396 g/mol. The Bertz CT molecular complexity index is 802. The summed E-state index contributed by atoms with van der Waals surface area (Å²) in [6.07, 6.45) is 1.70. The van der Waals surface area contributed by atoms with E-state index in [0.29, 0.717) is 19.5 Å². The second-order valence-electron chi connectivity index (χ2n) is 7.19. The third kappa shape index (κ3) is 6.34. The van der Waals surface area contributed by atoms with Crippen LogP contribution in [0.5, 0.6) is 5.75 Å². The van der Waals surface area contributed by atoms with Gasteiger partial charge in [0.2, 0.25) is 11.8 Å². The van der Waals surface area contributed by atoms with Gasteiger partial charge in [-0.15, -0.1) is 0 Å². The molecule has 2 aromatic rings. The zero-order valence-electron chi connectivity index (χ0n) is 17.9. The number of hydrogen-bond acceptors (Lipinski definition) is 3. The molecule has 0 radical (unpaired) electrons. The van der Waals surface area contributed by atoms with E-state index in [4.69, 9.17) is 4.74 Å². The summed E-state index contributed by atoms with van der Waals surface area (Å²) < 4.78 is 5.22. The summed E-state index contributed by atoms with van der Waals surface area (Å²) in [5.74, 6) is 0.619. The number of benzene rings is 2. The smallest absolute Gasteiger partial charge is 0.242 e. The Morgan fingerprint density at radius 3 is 2.34 bits per heavy atom. The molecular weight excluding hydrogens is 364 g/mol. The van der Waals surface area contributed by atoms with Crippen LogP contribution in [0.1, 0.15) is 43.4 Å². The first kappa shape index (κ1) is 22.5. The molecule has 0 aliphatic heterocycles. The quantitative estimate of drug-likeness (QED) is 0.663. The number of rotatable bonds is 10. The fraction of sp³-hybridized carbons (Fsp3) is 0.417. The summed E-state index contributed by atoms with van der Waals surface area (Å²) in [7, 11) is 1.62. The Labute approximate surface area is 174 Å². The summed E-state index contributed by atoms with van der Waals surface area (Å²) in [6, 6.07) is 15.0. The first-order valence-electron chi connectivity index (χ1n) is 10.2. The van der Waals surface area contributed by atoms with E-state index in [1.807, 2.05) is 69.3 Å². The molecule has 5 heteroatoms. The maximum atomic E-state index is 13.3. The standard InChI is InChI=1S/C24H32N2O3/c1-5-15-25-24(28)22(6-2)26(17-19-11-13-21(29-4)14-12-19)23(27)16-20-10-8-7-9-18(20)3/h7-14,22H,5-6,15-17H2,1-4H3,(H,25,28)/t22-/m0/s1. The van der Waals surface area contributed by atoms with Crippen LogP contribution in [0.3, 0.4) is 0 Å². The molecule has 29 heavy (non-hydrogen) atoms. The second-order valence-corrected chi connectivity index (χ2v) is 7.19. The Morgan fingerprint density at radius 1 is 1.07 bits per heavy atom. The summed E-state index contributed by atoms with van der Waals surface area (Å²) in [6.45, 7) is 6.95. The van der Waals surface area contributed by atoms with Crippen LogP contribution in [0.15, 0.2) is 48.5 Å². The molecule has 0 saturated carbocycles. The van der Waals surface area contributed by atoms with Gasteiger partial charge in [0.15, 0.2) is 0 Å². The molecule has 2 aromatic carbocycles. The first-order chi connectivity index (χ1) is 14.0. The van der Waals surface area contributed by atoms with Gasteiger partial charge in [-0.2, -0.15) is 0 Å². The topological polar surface area (TPSA) is 58.6 Å². The predicted molar refractivity (Wildman–Crippen MR) is 116 cm³/mol. The molecule has 2 rings (SSSR count). The highest BCUT2D eigenvalue weighted by Crippen LogP contribution is 2.18. The van der Waals surface area contributed by atoms with Crippen molar-refractivity contribution in [3.63, 3.8) is 0 Å². The number of carbonyl (C=O) groups excluding carboxylic acids is 2. The number of carbonyl (C=O) groups is 2. The maximum Gasteiger partial charge on any atom is 0.242 e. The number of methoxy groups -OCH3 is 1. The summed E-state index contributed by atoms with van der Waals surface area (Å²) >= 11 is 0. The van der Waals surface area contributed by atoms with E-state index in [1.54, 1.807) is 12.0 Å². The van der Waals surface area contributed by atoms with Crippen molar-refractivity contribution < 1.29 is 14.3 Å². The molecule has 2 amide bonds. The molecule has 0 fully saturated rings. The number of hydrogen-bond donors (Lipinski definition) is 1. The van der Waals surface area contributed by atoms with Crippen LogP contribution in [0.4, 0.5) is 0 Å². The molecule has 156 valence electrons. The SMILES string of the molecule is CCCNC(=O)[C@H](CC)N(Cc1ccc(OC)cc1)C(=O)Cc1ccccc1C. The summed E-state index contributed by atoms with van der Waals surface area (Å²) in [5, 5.41) is 2.95. The maximum absolute atomic E-state index is 13.3. The fourth-order valence-corrected chi connectivity index (χ4v) is 3.29. The predicted octanol–water partition coefficient (Wildman–Crippen LogP) is 3.88. The van der Waals surface area contributed by atoms with Crippen molar-refractivity contribution in [2.45, 2.75) is 52.6 Å². The van der Waals surface area contributed by atoms with E-state index in [2.05, 4.69) is 5.32 Å². The highest BCUT2D eigenvalue weighted by Gasteiger charge is 2.28. The average molecular weight is 397 g/mol. The Kier molecular flexibility index (Phi) is 8.71. The van der Waals surface area contributed by atoms with Gasteiger partial charge in [-0.1, -0.05) is 50.2 Å². The van der Waals surface area contributed by atoms with Gasteiger partial charge in [-0.3, -0.25) is 9.59 Å². The number of nitrogens with one attached hydrogen (secondary N) is 1. The van der Waals surface area contributed by atoms with Crippen molar-refractivity contribution in [2.24, 2.45) is 0 Å². The van der Waals surface area contributed by atoms with E-state index < -0.39 is 6.04 Å². The largest absolute Gasteiger partial charge is 0.497 e. The molecule has 0 heterocycles. The zero-order chi connectivity index (χ0) is 21.2. The van der Waals surface area contributed by atoms with Crippen LogP contribution in [-0.2, 0) is 22.6 Å². The number of amides is 2. The minimum atomic E-state index is -0.500. The molecule has 0 aliphatic carbocycles. The Balaban J connectivity index is 2.27. The molecular formula is C24H32N2O3. The van der Waals surface area contributed by atoms with Crippen LogP contribution in [-0.4, -0.2) is 36.4 Å². The van der Waals surface area contributed by atoms with Crippen LogP contribution >= 0.6 is 0 Å². The average Bonchev–Trinajstić information content (AvgIpc) is 2.74. The van der Waals surface area contributed by atoms with E-state index in [9.17, 15) is 9.59 Å². The van der Waals surface area contributed by atoms with Gasteiger partial charge in [-0.25, -0.2) is 0 Å². The highest BCUT2D eigenvalue weighted by molar-refractivity contribution is 5.88. The second kappa shape index (κ2) is 11.2. The van der Waals surface area contributed by atoms with Crippen molar-refractivity contribution in [1.82, 2.24) is 10.2 Å².